The number of benzene rings is 1. The minimum absolute atomic E-state index is 0.173. The maximum atomic E-state index is 11.2. The Morgan fingerprint density at radius 3 is 2.47 bits per heavy atom. The smallest absolute Gasteiger partial charge is 0.134 e. The van der Waals surface area contributed by atoms with Gasteiger partial charge in [-0.05, 0) is 37.0 Å². The van der Waals surface area contributed by atoms with Crippen molar-refractivity contribution in [2.24, 2.45) is 0 Å². The lowest BCUT2D eigenvalue weighted by atomic mass is 10.00. The van der Waals surface area contributed by atoms with Crippen LogP contribution >= 0.6 is 0 Å². The summed E-state index contributed by atoms with van der Waals surface area (Å²) in [5.41, 5.74) is 4.62. The van der Waals surface area contributed by atoms with Gasteiger partial charge in [-0.2, -0.15) is 0 Å². The van der Waals surface area contributed by atoms with Gasteiger partial charge in [0.1, 0.15) is 11.6 Å². The number of allylic oxidation sites excluding steroid dienone is 1. The highest BCUT2D eigenvalue weighted by Gasteiger charge is 2.16. The van der Waals surface area contributed by atoms with Gasteiger partial charge in [-0.3, -0.25) is 9.59 Å². The number of hydrogen-bond donors (Lipinski definition) is 0. The maximum Gasteiger partial charge on any atom is 0.134 e. The van der Waals surface area contributed by atoms with Crippen molar-refractivity contribution in [1.29, 1.82) is 0 Å². The van der Waals surface area contributed by atoms with E-state index >= 15 is 0 Å². The summed E-state index contributed by atoms with van der Waals surface area (Å²) in [5, 5.41) is 0. The van der Waals surface area contributed by atoms with E-state index in [2.05, 4.69) is 12.1 Å². The Balaban J connectivity index is 2.30. The van der Waals surface area contributed by atoms with E-state index in [4.69, 9.17) is 0 Å². The average Bonchev–Trinajstić information content (AvgIpc) is 2.59. The van der Waals surface area contributed by atoms with E-state index in [1.807, 2.05) is 12.1 Å². The molecule has 0 aromatic heterocycles. The monoisotopic (exact) mass is 228 g/mol. The Hall–Kier alpha value is -1.70. The summed E-state index contributed by atoms with van der Waals surface area (Å²) in [6.45, 7) is 3.22. The van der Waals surface area contributed by atoms with Gasteiger partial charge in [0.15, 0.2) is 0 Å². The zero-order valence-electron chi connectivity index (χ0n) is 10.2. The van der Waals surface area contributed by atoms with Crippen molar-refractivity contribution in [1.82, 2.24) is 0 Å². The number of carbonyl (C=O) groups is 2. The molecule has 0 unspecified atom stereocenters. The minimum Gasteiger partial charge on any atom is -0.300 e. The Morgan fingerprint density at radius 2 is 1.82 bits per heavy atom. The second kappa shape index (κ2) is 4.66. The van der Waals surface area contributed by atoms with Gasteiger partial charge >= 0.3 is 0 Å². The first kappa shape index (κ1) is 11.8. The molecule has 2 nitrogen and oxygen atoms in total. The van der Waals surface area contributed by atoms with E-state index < -0.39 is 0 Å². The van der Waals surface area contributed by atoms with Crippen LogP contribution in [0.4, 0.5) is 0 Å². The molecule has 0 saturated heterocycles. The van der Waals surface area contributed by atoms with Crippen molar-refractivity contribution < 1.29 is 9.59 Å². The predicted octanol–water partition coefficient (Wildman–Crippen LogP) is 2.74. The van der Waals surface area contributed by atoms with E-state index in [1.54, 1.807) is 13.8 Å². The molecule has 0 fully saturated rings. The number of carbonyl (C=O) groups excluding carboxylic acids is 2. The highest BCUT2D eigenvalue weighted by atomic mass is 16.1. The minimum atomic E-state index is 0.173. The molecule has 0 heterocycles. The summed E-state index contributed by atoms with van der Waals surface area (Å²) in [6, 6.07) is 6.05. The van der Waals surface area contributed by atoms with Crippen LogP contribution in [0.25, 0.3) is 6.08 Å². The van der Waals surface area contributed by atoms with Gasteiger partial charge in [-0.15, -0.1) is 0 Å². The lowest BCUT2D eigenvalue weighted by Crippen LogP contribution is -1.99. The topological polar surface area (TPSA) is 34.1 Å². The molecular weight excluding hydrogens is 212 g/mol. The molecule has 0 saturated carbocycles. The molecule has 2 heteroatoms. The predicted molar refractivity (Wildman–Crippen MR) is 67.8 cm³/mol. The fourth-order valence-electron chi connectivity index (χ4n) is 2.36. The van der Waals surface area contributed by atoms with Gasteiger partial charge in [-0.25, -0.2) is 0 Å². The molecule has 0 spiro atoms. The van der Waals surface area contributed by atoms with Gasteiger partial charge in [0, 0.05) is 12.8 Å². The molecule has 0 amide bonds. The molecule has 1 aromatic rings. The Morgan fingerprint density at radius 1 is 1.12 bits per heavy atom. The van der Waals surface area contributed by atoms with Crippen LogP contribution in [0, 0.1) is 0 Å². The molecule has 17 heavy (non-hydrogen) atoms. The molecule has 0 bridgehead atoms. The molecule has 0 radical (unpaired) electrons. The van der Waals surface area contributed by atoms with Crippen molar-refractivity contribution in [3.05, 3.63) is 40.5 Å². The van der Waals surface area contributed by atoms with Crippen LogP contribution in [-0.2, 0) is 22.4 Å². The molecule has 1 aromatic carbocycles. The standard InChI is InChI=1S/C15H16O2/c1-10(16)6-12-8-14-5-3-4-13(7-11(2)17)15(14)9-12/h3-5,9H,6-8H2,1-2H3. The number of ketones is 2. The van der Waals surface area contributed by atoms with Crippen LogP contribution in [0.15, 0.2) is 23.8 Å². The van der Waals surface area contributed by atoms with Crippen molar-refractivity contribution >= 4 is 17.6 Å². The summed E-state index contributed by atoms with van der Waals surface area (Å²) in [4.78, 5) is 22.3. The summed E-state index contributed by atoms with van der Waals surface area (Å²) >= 11 is 0. The second-order valence-corrected chi connectivity index (χ2v) is 4.73. The van der Waals surface area contributed by atoms with Gasteiger partial charge < -0.3 is 0 Å². The lowest BCUT2D eigenvalue weighted by Gasteiger charge is -2.04. The summed E-state index contributed by atoms with van der Waals surface area (Å²) in [5.74, 6) is 0.365. The van der Waals surface area contributed by atoms with Crippen molar-refractivity contribution in [2.75, 3.05) is 0 Å². The third kappa shape index (κ3) is 2.70. The summed E-state index contributed by atoms with van der Waals surface area (Å²) < 4.78 is 0. The fraction of sp³-hybridized carbons (Fsp3) is 0.333. The zero-order chi connectivity index (χ0) is 12.4. The largest absolute Gasteiger partial charge is 0.300 e. The van der Waals surface area contributed by atoms with E-state index in [-0.39, 0.29) is 11.6 Å². The average molecular weight is 228 g/mol. The van der Waals surface area contributed by atoms with Gasteiger partial charge in [0.25, 0.3) is 0 Å². The van der Waals surface area contributed by atoms with Gasteiger partial charge in [-0.1, -0.05) is 29.8 Å². The highest BCUT2D eigenvalue weighted by Crippen LogP contribution is 2.29. The van der Waals surface area contributed by atoms with E-state index in [0.717, 1.165) is 23.1 Å². The molecule has 88 valence electrons. The Bertz CT molecular complexity index is 510. The van der Waals surface area contributed by atoms with Crippen LogP contribution in [0.3, 0.4) is 0 Å². The normalized spacial score (nSPS) is 13.2. The van der Waals surface area contributed by atoms with Crippen LogP contribution in [0.1, 0.15) is 37.0 Å². The third-order valence-electron chi connectivity index (χ3n) is 2.97. The molecule has 0 aliphatic heterocycles. The number of rotatable bonds is 4. The summed E-state index contributed by atoms with van der Waals surface area (Å²) in [7, 11) is 0. The molecule has 0 atom stereocenters. The number of hydrogen-bond acceptors (Lipinski definition) is 2. The molecule has 1 aliphatic rings. The second-order valence-electron chi connectivity index (χ2n) is 4.73. The Labute approximate surface area is 101 Å². The summed E-state index contributed by atoms with van der Waals surface area (Å²) in [6.07, 6.45) is 3.93. The first-order chi connectivity index (χ1) is 8.06. The number of Topliss-reactive ketones (excluding diaryl/α,β-unsaturated/α-hetero) is 2. The lowest BCUT2D eigenvalue weighted by molar-refractivity contribution is -0.117. The maximum absolute atomic E-state index is 11.2. The zero-order valence-corrected chi connectivity index (χ0v) is 10.2. The molecule has 2 rings (SSSR count). The van der Waals surface area contributed by atoms with E-state index in [1.165, 1.54) is 5.56 Å². The van der Waals surface area contributed by atoms with Crippen LogP contribution in [0.2, 0.25) is 0 Å². The molecular formula is C15H16O2. The quantitative estimate of drug-likeness (QED) is 0.794. The third-order valence-corrected chi connectivity index (χ3v) is 2.97. The Kier molecular flexibility index (Phi) is 3.23. The van der Waals surface area contributed by atoms with Crippen molar-refractivity contribution in [2.45, 2.75) is 33.1 Å². The highest BCUT2D eigenvalue weighted by molar-refractivity contribution is 5.83. The van der Waals surface area contributed by atoms with E-state index in [0.29, 0.717) is 12.8 Å². The first-order valence-electron chi connectivity index (χ1n) is 5.85. The SMILES string of the molecule is CC(=O)CC1=Cc2c(CC(C)=O)cccc2C1. The van der Waals surface area contributed by atoms with Crippen LogP contribution in [0.5, 0.6) is 0 Å². The van der Waals surface area contributed by atoms with Crippen molar-refractivity contribution in [3.63, 3.8) is 0 Å². The molecule has 1 aliphatic carbocycles. The number of fused-ring (bicyclic) bond motifs is 1. The van der Waals surface area contributed by atoms with Gasteiger partial charge in [0.05, 0.1) is 0 Å². The fourth-order valence-corrected chi connectivity index (χ4v) is 2.36. The van der Waals surface area contributed by atoms with E-state index in [9.17, 15) is 9.59 Å². The van der Waals surface area contributed by atoms with Crippen molar-refractivity contribution in [3.8, 4) is 0 Å². The molecule has 0 N–H and O–H groups in total. The van der Waals surface area contributed by atoms with Gasteiger partial charge in [0.2, 0.25) is 0 Å². The first-order valence-corrected chi connectivity index (χ1v) is 5.85. The van der Waals surface area contributed by atoms with Crippen LogP contribution < -0.4 is 0 Å². The van der Waals surface area contributed by atoms with Crippen LogP contribution in [-0.4, -0.2) is 11.6 Å².